The molecule has 4 atom stereocenters. The van der Waals surface area contributed by atoms with Gasteiger partial charge < -0.3 is 5.32 Å². The molecule has 0 saturated heterocycles. The van der Waals surface area contributed by atoms with Crippen molar-refractivity contribution in [3.63, 3.8) is 0 Å². The maximum atomic E-state index is 12.2. The number of carbonyl (C=O) groups is 1. The van der Waals surface area contributed by atoms with Gasteiger partial charge in [-0.2, -0.15) is 0 Å². The van der Waals surface area contributed by atoms with Gasteiger partial charge in [-0.1, -0.05) is 6.42 Å². The molecule has 19 heavy (non-hydrogen) atoms. The molecule has 1 N–H and O–H groups in total. The Morgan fingerprint density at radius 1 is 1.42 bits per heavy atom. The first-order chi connectivity index (χ1) is 9.04. The summed E-state index contributed by atoms with van der Waals surface area (Å²) < 4.78 is 1.93. The fraction of sp³-hybridized carbons (Fsp3) is 0.643. The fourth-order valence-corrected chi connectivity index (χ4v) is 5.69. The standard InChI is InChI=1S/C14H17Br2NOS/c1-7(10-5-8-2-3-9(10)4-8)17-14(18)12-6-11(15)13(16)19-12/h6-10H,2-5H2,1H3,(H,17,18)/t7-,8+,9+,10-/m0/s1. The lowest BCUT2D eigenvalue weighted by Gasteiger charge is -2.28. The molecule has 5 heteroatoms. The predicted octanol–water partition coefficient (Wildman–Crippen LogP) is 4.83. The summed E-state index contributed by atoms with van der Waals surface area (Å²) in [4.78, 5) is 13.0. The Labute approximate surface area is 134 Å². The van der Waals surface area contributed by atoms with Crippen molar-refractivity contribution in [3.8, 4) is 0 Å². The third kappa shape index (κ3) is 2.79. The Bertz CT molecular complexity index is 482. The van der Waals surface area contributed by atoms with Crippen molar-refractivity contribution in [1.29, 1.82) is 0 Å². The molecule has 1 aromatic rings. The van der Waals surface area contributed by atoms with Crippen LogP contribution in [0.4, 0.5) is 0 Å². The zero-order valence-corrected chi connectivity index (χ0v) is 14.8. The minimum absolute atomic E-state index is 0.0617. The van der Waals surface area contributed by atoms with Gasteiger partial charge in [-0.25, -0.2) is 0 Å². The molecule has 2 fully saturated rings. The number of carbonyl (C=O) groups excluding carboxylic acids is 1. The minimum Gasteiger partial charge on any atom is -0.349 e. The number of rotatable bonds is 3. The summed E-state index contributed by atoms with van der Waals surface area (Å²) in [6, 6.07) is 2.18. The summed E-state index contributed by atoms with van der Waals surface area (Å²) in [7, 11) is 0. The molecule has 1 aromatic heterocycles. The summed E-state index contributed by atoms with van der Waals surface area (Å²) in [5.41, 5.74) is 0. The number of fused-ring (bicyclic) bond motifs is 2. The highest BCUT2D eigenvalue weighted by molar-refractivity contribution is 9.13. The summed E-state index contributed by atoms with van der Waals surface area (Å²) in [5, 5.41) is 3.19. The van der Waals surface area contributed by atoms with Crippen LogP contribution in [0.25, 0.3) is 0 Å². The SMILES string of the molecule is C[C@H](NC(=O)c1cc(Br)c(Br)s1)[C@@H]1C[C@@H]2CC[C@@H]1C2. The molecule has 0 aromatic carbocycles. The Balaban J connectivity index is 1.63. The molecule has 1 heterocycles. The highest BCUT2D eigenvalue weighted by atomic mass is 79.9. The maximum Gasteiger partial charge on any atom is 0.261 e. The molecule has 1 amide bonds. The molecule has 0 spiro atoms. The van der Waals surface area contributed by atoms with Crippen molar-refractivity contribution in [2.75, 3.05) is 0 Å². The van der Waals surface area contributed by atoms with E-state index in [0.717, 1.165) is 25.0 Å². The fourth-order valence-electron chi connectivity index (χ4n) is 3.75. The van der Waals surface area contributed by atoms with Crippen molar-refractivity contribution < 1.29 is 4.79 Å². The van der Waals surface area contributed by atoms with E-state index in [1.54, 1.807) is 0 Å². The van der Waals surface area contributed by atoms with Crippen molar-refractivity contribution in [2.45, 2.75) is 38.6 Å². The van der Waals surface area contributed by atoms with Gasteiger partial charge in [0.25, 0.3) is 5.91 Å². The Morgan fingerprint density at radius 3 is 2.74 bits per heavy atom. The normalized spacial score (nSPS) is 30.6. The molecule has 3 rings (SSSR count). The van der Waals surface area contributed by atoms with Crippen molar-refractivity contribution in [1.82, 2.24) is 5.32 Å². The zero-order valence-electron chi connectivity index (χ0n) is 10.8. The zero-order chi connectivity index (χ0) is 13.6. The van der Waals surface area contributed by atoms with Gasteiger partial charge in [-0.15, -0.1) is 11.3 Å². The van der Waals surface area contributed by atoms with Crippen LogP contribution in [0.5, 0.6) is 0 Å². The monoisotopic (exact) mass is 405 g/mol. The smallest absolute Gasteiger partial charge is 0.261 e. The second kappa shape index (κ2) is 5.49. The molecule has 0 unspecified atom stereocenters. The van der Waals surface area contributed by atoms with E-state index >= 15 is 0 Å². The van der Waals surface area contributed by atoms with Crippen LogP contribution in [0, 0.1) is 17.8 Å². The van der Waals surface area contributed by atoms with Crippen LogP contribution in [0.15, 0.2) is 14.3 Å². The molecule has 2 saturated carbocycles. The molecule has 2 bridgehead atoms. The van der Waals surface area contributed by atoms with Gasteiger partial charge in [0.1, 0.15) is 0 Å². The van der Waals surface area contributed by atoms with Gasteiger partial charge >= 0.3 is 0 Å². The lowest BCUT2D eigenvalue weighted by atomic mass is 9.84. The third-order valence-corrected chi connectivity index (χ3v) is 7.92. The summed E-state index contributed by atoms with van der Waals surface area (Å²) >= 11 is 8.34. The first kappa shape index (κ1) is 14.1. The lowest BCUT2D eigenvalue weighted by Crippen LogP contribution is -2.39. The molecule has 104 valence electrons. The highest BCUT2D eigenvalue weighted by Crippen LogP contribution is 2.49. The van der Waals surface area contributed by atoms with Crippen LogP contribution in [-0.2, 0) is 0 Å². The number of halogens is 2. The van der Waals surface area contributed by atoms with E-state index in [4.69, 9.17) is 0 Å². The van der Waals surface area contributed by atoms with E-state index < -0.39 is 0 Å². The van der Waals surface area contributed by atoms with Gasteiger partial charge in [-0.3, -0.25) is 4.79 Å². The van der Waals surface area contributed by atoms with Gasteiger partial charge in [0, 0.05) is 10.5 Å². The maximum absolute atomic E-state index is 12.2. The molecular formula is C14H17Br2NOS. The van der Waals surface area contributed by atoms with Crippen molar-refractivity contribution in [3.05, 3.63) is 19.2 Å². The van der Waals surface area contributed by atoms with Crippen LogP contribution in [0.3, 0.4) is 0 Å². The summed E-state index contributed by atoms with van der Waals surface area (Å²) in [6.45, 7) is 2.17. The van der Waals surface area contributed by atoms with Gasteiger partial charge in [0.15, 0.2) is 0 Å². The van der Waals surface area contributed by atoms with E-state index in [-0.39, 0.29) is 5.91 Å². The lowest BCUT2D eigenvalue weighted by molar-refractivity contribution is 0.0919. The molecule has 2 aliphatic carbocycles. The molecule has 2 nitrogen and oxygen atoms in total. The van der Waals surface area contributed by atoms with Crippen LogP contribution < -0.4 is 5.32 Å². The second-order valence-corrected chi connectivity index (χ2v) is 9.06. The number of hydrogen-bond donors (Lipinski definition) is 1. The summed E-state index contributed by atoms with van der Waals surface area (Å²) in [5.74, 6) is 2.53. The predicted molar refractivity (Wildman–Crippen MR) is 85.6 cm³/mol. The van der Waals surface area contributed by atoms with Crippen LogP contribution >= 0.6 is 43.2 Å². The van der Waals surface area contributed by atoms with Gasteiger partial charge in [0.05, 0.1) is 8.66 Å². The average Bonchev–Trinajstić information content (AvgIpc) is 3.06. The van der Waals surface area contributed by atoms with E-state index in [2.05, 4.69) is 44.1 Å². The average molecular weight is 407 g/mol. The Hall–Kier alpha value is 0.130. The van der Waals surface area contributed by atoms with Gasteiger partial charge in [0.2, 0.25) is 0 Å². The number of nitrogens with one attached hydrogen (secondary N) is 1. The highest BCUT2D eigenvalue weighted by Gasteiger charge is 2.42. The van der Waals surface area contributed by atoms with Crippen LogP contribution in [0.1, 0.15) is 42.3 Å². The topological polar surface area (TPSA) is 29.1 Å². The van der Waals surface area contributed by atoms with E-state index in [1.165, 1.54) is 37.0 Å². The van der Waals surface area contributed by atoms with E-state index in [0.29, 0.717) is 12.0 Å². The summed E-state index contributed by atoms with van der Waals surface area (Å²) in [6.07, 6.45) is 5.48. The Kier molecular flexibility index (Phi) is 4.07. The number of amides is 1. The quantitative estimate of drug-likeness (QED) is 0.765. The third-order valence-electron chi connectivity index (χ3n) is 4.66. The molecular weight excluding hydrogens is 390 g/mol. The first-order valence-corrected chi connectivity index (χ1v) is 9.20. The van der Waals surface area contributed by atoms with Crippen molar-refractivity contribution >= 4 is 49.1 Å². The Morgan fingerprint density at radius 2 is 2.21 bits per heavy atom. The van der Waals surface area contributed by atoms with E-state index in [1.807, 2.05) is 6.07 Å². The van der Waals surface area contributed by atoms with Crippen molar-refractivity contribution in [2.24, 2.45) is 17.8 Å². The second-order valence-electron chi connectivity index (χ2n) is 5.83. The molecule has 2 aliphatic rings. The first-order valence-electron chi connectivity index (χ1n) is 6.80. The van der Waals surface area contributed by atoms with Crippen LogP contribution in [0.2, 0.25) is 0 Å². The van der Waals surface area contributed by atoms with Gasteiger partial charge in [-0.05, 0) is 81.9 Å². The van der Waals surface area contributed by atoms with E-state index in [9.17, 15) is 4.79 Å². The molecule has 0 radical (unpaired) electrons. The number of thiophene rings is 1. The number of hydrogen-bond acceptors (Lipinski definition) is 2. The van der Waals surface area contributed by atoms with Crippen LogP contribution in [-0.4, -0.2) is 11.9 Å². The largest absolute Gasteiger partial charge is 0.349 e. The molecule has 0 aliphatic heterocycles. The minimum atomic E-state index is 0.0617.